The highest BCUT2D eigenvalue weighted by atomic mass is 32.1. The molecule has 3 aromatic heterocycles. The summed E-state index contributed by atoms with van der Waals surface area (Å²) in [6.07, 6.45) is 5.33. The third-order valence-corrected chi connectivity index (χ3v) is 6.55. The third kappa shape index (κ3) is 4.09. The van der Waals surface area contributed by atoms with Crippen LogP contribution in [-0.2, 0) is 4.79 Å². The normalized spacial score (nSPS) is 14.6. The average Bonchev–Trinajstić information content (AvgIpc) is 3.49. The van der Waals surface area contributed by atoms with E-state index in [4.69, 9.17) is 0 Å². The molecule has 0 spiro atoms. The second-order valence-corrected chi connectivity index (χ2v) is 8.65. The largest absolute Gasteiger partial charge is 0.338 e. The van der Waals surface area contributed by atoms with Gasteiger partial charge in [-0.3, -0.25) is 9.59 Å². The van der Waals surface area contributed by atoms with Crippen molar-refractivity contribution in [1.29, 1.82) is 0 Å². The van der Waals surface area contributed by atoms with Gasteiger partial charge in [0.15, 0.2) is 0 Å². The summed E-state index contributed by atoms with van der Waals surface area (Å²) >= 11 is 1.46. The summed E-state index contributed by atoms with van der Waals surface area (Å²) in [6.45, 7) is 1.23. The van der Waals surface area contributed by atoms with Crippen molar-refractivity contribution >= 4 is 34.5 Å². The molecule has 0 saturated carbocycles. The van der Waals surface area contributed by atoms with Gasteiger partial charge >= 0.3 is 0 Å². The van der Waals surface area contributed by atoms with E-state index in [1.54, 1.807) is 0 Å². The number of piperidine rings is 1. The molecule has 0 unspecified atom stereocenters. The lowest BCUT2D eigenvalue weighted by Gasteiger charge is -2.31. The number of rotatable bonds is 4. The Morgan fingerprint density at radius 2 is 1.81 bits per heavy atom. The van der Waals surface area contributed by atoms with Crippen LogP contribution in [-0.4, -0.2) is 39.2 Å². The quantitative estimate of drug-likeness (QED) is 0.516. The average molecular weight is 431 g/mol. The SMILES string of the molecule is O=C(Nc1ccc(-c2cn3ccccc3n2)cc1)C1CCN(C(=O)c2cccs2)CC1. The number of nitrogens with one attached hydrogen (secondary N) is 1. The van der Waals surface area contributed by atoms with E-state index in [9.17, 15) is 9.59 Å². The first-order valence-corrected chi connectivity index (χ1v) is 11.2. The Bertz CT molecular complexity index is 1170. The van der Waals surface area contributed by atoms with Crippen molar-refractivity contribution < 1.29 is 9.59 Å². The number of likely N-dealkylation sites (tertiary alicyclic amines) is 1. The zero-order chi connectivity index (χ0) is 21.2. The van der Waals surface area contributed by atoms with Crippen LogP contribution in [0.1, 0.15) is 22.5 Å². The molecule has 1 saturated heterocycles. The minimum absolute atomic E-state index is 0.0173. The summed E-state index contributed by atoms with van der Waals surface area (Å²) < 4.78 is 1.99. The van der Waals surface area contributed by atoms with Crippen molar-refractivity contribution in [3.05, 3.63) is 77.2 Å². The molecule has 1 aromatic carbocycles. The number of thiophene rings is 1. The molecule has 1 N–H and O–H groups in total. The fourth-order valence-corrected chi connectivity index (χ4v) is 4.63. The smallest absolute Gasteiger partial charge is 0.263 e. The maximum atomic E-state index is 12.7. The third-order valence-electron chi connectivity index (χ3n) is 5.70. The van der Waals surface area contributed by atoms with Crippen molar-refractivity contribution in [3.63, 3.8) is 0 Å². The molecule has 4 heterocycles. The first-order valence-electron chi connectivity index (χ1n) is 10.4. The van der Waals surface area contributed by atoms with Crippen LogP contribution >= 0.6 is 11.3 Å². The summed E-state index contributed by atoms with van der Waals surface area (Å²) in [5, 5.41) is 4.93. The molecule has 1 fully saturated rings. The molecule has 0 radical (unpaired) electrons. The van der Waals surface area contributed by atoms with Crippen molar-refractivity contribution in [2.75, 3.05) is 18.4 Å². The lowest BCUT2D eigenvalue weighted by Crippen LogP contribution is -2.41. The minimum atomic E-state index is -0.0782. The molecule has 31 heavy (non-hydrogen) atoms. The lowest BCUT2D eigenvalue weighted by atomic mass is 9.95. The number of pyridine rings is 1. The fraction of sp³-hybridized carbons (Fsp3) is 0.208. The van der Waals surface area contributed by atoms with Crippen molar-refractivity contribution in [2.24, 2.45) is 5.92 Å². The molecule has 0 atom stereocenters. The maximum Gasteiger partial charge on any atom is 0.263 e. The molecule has 4 aromatic rings. The summed E-state index contributed by atoms with van der Waals surface area (Å²) in [4.78, 5) is 32.4. The Kier molecular flexibility index (Phi) is 5.26. The number of hydrogen-bond acceptors (Lipinski definition) is 4. The molecule has 0 aliphatic carbocycles. The summed E-state index contributed by atoms with van der Waals surface area (Å²) in [6, 6.07) is 17.4. The van der Waals surface area contributed by atoms with E-state index >= 15 is 0 Å². The van der Waals surface area contributed by atoms with Gasteiger partial charge in [-0.25, -0.2) is 4.98 Å². The highest BCUT2D eigenvalue weighted by molar-refractivity contribution is 7.12. The van der Waals surface area contributed by atoms with Crippen molar-refractivity contribution in [3.8, 4) is 11.3 Å². The number of hydrogen-bond donors (Lipinski definition) is 1. The number of amides is 2. The second kappa shape index (κ2) is 8.35. The van der Waals surface area contributed by atoms with Crippen LogP contribution in [0.4, 0.5) is 5.69 Å². The van der Waals surface area contributed by atoms with E-state index < -0.39 is 0 Å². The van der Waals surface area contributed by atoms with Gasteiger partial charge in [0.2, 0.25) is 5.91 Å². The predicted molar refractivity (Wildman–Crippen MR) is 122 cm³/mol. The number of carbonyl (C=O) groups excluding carboxylic acids is 2. The first kappa shape index (κ1) is 19.5. The van der Waals surface area contributed by atoms with Crippen molar-refractivity contribution in [1.82, 2.24) is 14.3 Å². The van der Waals surface area contributed by atoms with Crippen LogP contribution in [0, 0.1) is 5.92 Å². The number of nitrogens with zero attached hydrogens (tertiary/aromatic N) is 3. The Hall–Kier alpha value is -3.45. The number of fused-ring (bicyclic) bond motifs is 1. The monoisotopic (exact) mass is 430 g/mol. The molecule has 5 rings (SSSR count). The molecule has 2 amide bonds. The molecule has 7 heteroatoms. The van der Waals surface area contributed by atoms with Gasteiger partial charge in [-0.1, -0.05) is 24.3 Å². The van der Waals surface area contributed by atoms with Crippen LogP contribution in [0.2, 0.25) is 0 Å². The van der Waals surface area contributed by atoms with Gasteiger partial charge < -0.3 is 14.6 Å². The highest BCUT2D eigenvalue weighted by Crippen LogP contribution is 2.24. The molecule has 6 nitrogen and oxygen atoms in total. The minimum Gasteiger partial charge on any atom is -0.338 e. The zero-order valence-electron chi connectivity index (χ0n) is 16.9. The van der Waals surface area contributed by atoms with Gasteiger partial charge in [-0.2, -0.15) is 0 Å². The number of carbonyl (C=O) groups is 2. The molecule has 0 bridgehead atoms. The standard InChI is InChI=1S/C24H22N4O2S/c29-23(18-10-13-27(14-11-18)24(30)21-4-3-15-31-21)25-19-8-6-17(7-9-19)20-16-28-12-2-1-5-22(28)26-20/h1-9,12,15-16,18H,10-11,13-14H2,(H,25,29). The van der Waals surface area contributed by atoms with Gasteiger partial charge in [0, 0.05) is 42.7 Å². The molecule has 156 valence electrons. The van der Waals surface area contributed by atoms with Gasteiger partial charge in [0.1, 0.15) is 5.65 Å². The van der Waals surface area contributed by atoms with E-state index in [-0.39, 0.29) is 17.7 Å². The maximum absolute atomic E-state index is 12.7. The van der Waals surface area contributed by atoms with Crippen LogP contribution < -0.4 is 5.32 Å². The number of imidazole rings is 1. The second-order valence-electron chi connectivity index (χ2n) is 7.70. The molecule has 1 aliphatic rings. The van der Waals surface area contributed by atoms with Crippen LogP contribution in [0.5, 0.6) is 0 Å². The summed E-state index contributed by atoms with van der Waals surface area (Å²) in [5.41, 5.74) is 3.57. The Labute approximate surface area is 184 Å². The van der Waals surface area contributed by atoms with Gasteiger partial charge in [0.25, 0.3) is 5.91 Å². The summed E-state index contributed by atoms with van der Waals surface area (Å²) in [5.74, 6) is 0.00518. The summed E-state index contributed by atoms with van der Waals surface area (Å²) in [7, 11) is 0. The van der Waals surface area contributed by atoms with E-state index in [0.29, 0.717) is 25.9 Å². The number of anilines is 1. The van der Waals surface area contributed by atoms with Crippen molar-refractivity contribution in [2.45, 2.75) is 12.8 Å². The number of aromatic nitrogens is 2. The van der Waals surface area contributed by atoms with Crippen LogP contribution in [0.15, 0.2) is 72.4 Å². The molecular weight excluding hydrogens is 408 g/mol. The van der Waals surface area contributed by atoms with E-state index in [1.165, 1.54) is 11.3 Å². The molecule has 1 aliphatic heterocycles. The topological polar surface area (TPSA) is 66.7 Å². The van der Waals surface area contributed by atoms with E-state index in [0.717, 1.165) is 27.5 Å². The Morgan fingerprint density at radius 3 is 2.52 bits per heavy atom. The zero-order valence-corrected chi connectivity index (χ0v) is 17.7. The van der Waals surface area contributed by atoms with E-state index in [2.05, 4.69) is 10.3 Å². The van der Waals surface area contributed by atoms with Gasteiger partial charge in [0.05, 0.1) is 10.6 Å². The van der Waals surface area contributed by atoms with Gasteiger partial charge in [-0.15, -0.1) is 11.3 Å². The Balaban J connectivity index is 1.19. The highest BCUT2D eigenvalue weighted by Gasteiger charge is 2.28. The van der Waals surface area contributed by atoms with E-state index in [1.807, 2.05) is 81.7 Å². The van der Waals surface area contributed by atoms with Gasteiger partial charge in [-0.05, 0) is 48.6 Å². The lowest BCUT2D eigenvalue weighted by molar-refractivity contribution is -0.121. The van der Waals surface area contributed by atoms with Crippen LogP contribution in [0.3, 0.4) is 0 Å². The van der Waals surface area contributed by atoms with Crippen LogP contribution in [0.25, 0.3) is 16.9 Å². The Morgan fingerprint density at radius 1 is 1.00 bits per heavy atom. The number of benzene rings is 1. The first-order chi connectivity index (χ1) is 15.2. The fourth-order valence-electron chi connectivity index (χ4n) is 3.94. The predicted octanol–water partition coefficient (Wildman–Crippen LogP) is 4.55. The molecular formula is C24H22N4O2S.